The second-order valence-corrected chi connectivity index (χ2v) is 9.90. The first-order valence-corrected chi connectivity index (χ1v) is 11.7. The molecule has 0 aliphatic carbocycles. The van der Waals surface area contributed by atoms with Crippen LogP contribution in [0.5, 0.6) is 0 Å². The molecule has 1 amide bonds. The summed E-state index contributed by atoms with van der Waals surface area (Å²) in [4.78, 5) is 17.6. The lowest BCUT2D eigenvalue weighted by atomic mass is 10.0. The molecular weight excluding hydrogens is 390 g/mol. The van der Waals surface area contributed by atoms with Crippen molar-refractivity contribution in [3.8, 4) is 0 Å². The van der Waals surface area contributed by atoms with Gasteiger partial charge in [0.15, 0.2) is 0 Å². The second-order valence-electron chi connectivity index (χ2n) is 7.92. The number of aromatic nitrogens is 1. The minimum Gasteiger partial charge on any atom is -0.369 e. The molecule has 0 saturated carbocycles. The summed E-state index contributed by atoms with van der Waals surface area (Å²) in [5.74, 6) is -0.480. The number of H-pyrrole nitrogens is 1. The fourth-order valence-corrected chi connectivity index (χ4v) is 5.05. The first kappa shape index (κ1) is 19.9. The molecule has 1 atom stereocenters. The predicted molar refractivity (Wildman–Crippen MR) is 115 cm³/mol. The molecule has 1 unspecified atom stereocenters. The Kier molecular flexibility index (Phi) is 5.14. The van der Waals surface area contributed by atoms with Gasteiger partial charge in [0.2, 0.25) is 10.0 Å². The van der Waals surface area contributed by atoms with E-state index in [1.807, 2.05) is 18.2 Å². The van der Waals surface area contributed by atoms with Gasteiger partial charge >= 0.3 is 0 Å². The van der Waals surface area contributed by atoms with E-state index in [2.05, 4.69) is 9.88 Å². The van der Waals surface area contributed by atoms with E-state index in [0.717, 1.165) is 53.8 Å². The van der Waals surface area contributed by atoms with Gasteiger partial charge in [-0.15, -0.1) is 0 Å². The zero-order chi connectivity index (χ0) is 20.8. The van der Waals surface area contributed by atoms with E-state index in [9.17, 15) is 13.2 Å². The molecule has 0 radical (unpaired) electrons. The van der Waals surface area contributed by atoms with Crippen LogP contribution in [0.3, 0.4) is 0 Å². The van der Waals surface area contributed by atoms with Gasteiger partial charge in [-0.1, -0.05) is 6.08 Å². The molecule has 1 aromatic carbocycles. The predicted octanol–water partition coefficient (Wildman–Crippen LogP) is 1.24. The number of benzene rings is 1. The Bertz CT molecular complexity index is 1090. The van der Waals surface area contributed by atoms with Gasteiger partial charge in [0, 0.05) is 49.0 Å². The van der Waals surface area contributed by atoms with Crippen molar-refractivity contribution >= 4 is 38.1 Å². The summed E-state index contributed by atoms with van der Waals surface area (Å²) in [6.07, 6.45) is 5.81. The van der Waals surface area contributed by atoms with Crippen LogP contribution in [-0.4, -0.2) is 62.1 Å². The van der Waals surface area contributed by atoms with Crippen LogP contribution in [0.25, 0.3) is 16.5 Å². The number of nitrogens with one attached hydrogen (secondary N) is 1. The zero-order valence-corrected chi connectivity index (χ0v) is 17.3. The van der Waals surface area contributed by atoms with Gasteiger partial charge in [-0.05, 0) is 43.0 Å². The van der Waals surface area contributed by atoms with Crippen LogP contribution in [0.2, 0.25) is 0 Å². The van der Waals surface area contributed by atoms with Crippen LogP contribution in [-0.2, 0) is 10.0 Å². The summed E-state index contributed by atoms with van der Waals surface area (Å²) in [7, 11) is -3.20. The molecule has 1 saturated heterocycles. The third-order valence-electron chi connectivity index (χ3n) is 5.82. The summed E-state index contributed by atoms with van der Waals surface area (Å²) in [5.41, 5.74) is 15.9. The summed E-state index contributed by atoms with van der Waals surface area (Å²) in [6, 6.07) is 5.88. The van der Waals surface area contributed by atoms with E-state index in [1.165, 1.54) is 10.6 Å². The summed E-state index contributed by atoms with van der Waals surface area (Å²) < 4.78 is 25.0. The summed E-state index contributed by atoms with van der Waals surface area (Å²) in [6.45, 7) is 2.49. The molecule has 0 spiro atoms. The van der Waals surface area contributed by atoms with Crippen LogP contribution >= 0.6 is 0 Å². The quantitative estimate of drug-likeness (QED) is 0.690. The molecule has 2 aliphatic heterocycles. The molecule has 1 fully saturated rings. The average Bonchev–Trinajstić information content (AvgIpc) is 3.11. The van der Waals surface area contributed by atoms with Gasteiger partial charge in [-0.3, -0.25) is 4.79 Å². The molecule has 29 heavy (non-hydrogen) atoms. The SMILES string of the molecule is CS(=O)(=O)N1CC=C(c2cc3c(N4CCCC(N)C4)ccc(C(N)=O)c3[nH]2)CC1. The standard InChI is InChI=1S/C20H27N5O3S/c1-29(27,28)25-9-6-13(7-10-25)17-11-16-18(24-8-2-3-14(21)12-24)5-4-15(20(22)26)19(16)23-17/h4-6,11,14,23H,2-3,7-10,12,21H2,1H3,(H2,22,26). The van der Waals surface area contributed by atoms with Crippen molar-refractivity contribution in [3.63, 3.8) is 0 Å². The van der Waals surface area contributed by atoms with Crippen molar-refractivity contribution in [3.05, 3.63) is 35.5 Å². The molecule has 1 aromatic heterocycles. The Hall–Kier alpha value is -2.36. The fourth-order valence-electron chi connectivity index (χ4n) is 4.28. The van der Waals surface area contributed by atoms with E-state index in [1.54, 1.807) is 6.07 Å². The Morgan fingerprint density at radius 1 is 1.28 bits per heavy atom. The Labute approximate surface area is 170 Å². The van der Waals surface area contributed by atoms with Crippen molar-refractivity contribution in [1.29, 1.82) is 0 Å². The zero-order valence-electron chi connectivity index (χ0n) is 16.5. The minimum atomic E-state index is -3.20. The molecule has 8 nitrogen and oxygen atoms in total. The van der Waals surface area contributed by atoms with E-state index < -0.39 is 15.9 Å². The number of carbonyl (C=O) groups is 1. The second kappa shape index (κ2) is 7.47. The van der Waals surface area contributed by atoms with Crippen LogP contribution in [0, 0.1) is 0 Å². The number of anilines is 1. The topological polar surface area (TPSA) is 126 Å². The molecule has 0 bridgehead atoms. The van der Waals surface area contributed by atoms with Gasteiger partial charge in [0.05, 0.1) is 17.3 Å². The maximum absolute atomic E-state index is 12.0. The normalized spacial score (nSPS) is 21.4. The molecule has 3 heterocycles. The molecule has 4 rings (SSSR count). The number of nitrogens with two attached hydrogens (primary N) is 2. The lowest BCUT2D eigenvalue weighted by Crippen LogP contribution is -2.42. The average molecular weight is 418 g/mol. The van der Waals surface area contributed by atoms with Crippen LogP contribution in [0.15, 0.2) is 24.3 Å². The monoisotopic (exact) mass is 417 g/mol. The molecule has 9 heteroatoms. The molecular formula is C20H27N5O3S. The van der Waals surface area contributed by atoms with Gasteiger partial charge in [-0.25, -0.2) is 8.42 Å². The van der Waals surface area contributed by atoms with Crippen molar-refractivity contribution < 1.29 is 13.2 Å². The van der Waals surface area contributed by atoms with Crippen molar-refractivity contribution in [2.45, 2.75) is 25.3 Å². The largest absolute Gasteiger partial charge is 0.369 e. The molecule has 2 aromatic rings. The number of nitrogens with zero attached hydrogens (tertiary/aromatic N) is 2. The van der Waals surface area contributed by atoms with Gasteiger partial charge < -0.3 is 21.4 Å². The van der Waals surface area contributed by atoms with Crippen LogP contribution in [0.1, 0.15) is 35.3 Å². The summed E-state index contributed by atoms with van der Waals surface area (Å²) >= 11 is 0. The highest BCUT2D eigenvalue weighted by molar-refractivity contribution is 7.88. The number of amides is 1. The smallest absolute Gasteiger partial charge is 0.250 e. The number of fused-ring (bicyclic) bond motifs is 1. The number of aromatic amines is 1. The summed E-state index contributed by atoms with van der Waals surface area (Å²) in [5, 5.41) is 0.942. The van der Waals surface area contributed by atoms with Crippen LogP contribution < -0.4 is 16.4 Å². The number of rotatable bonds is 4. The van der Waals surface area contributed by atoms with Crippen molar-refractivity contribution in [1.82, 2.24) is 9.29 Å². The maximum atomic E-state index is 12.0. The van der Waals surface area contributed by atoms with Gasteiger partial charge in [0.25, 0.3) is 5.91 Å². The Morgan fingerprint density at radius 2 is 2.07 bits per heavy atom. The number of primary amides is 1. The van der Waals surface area contributed by atoms with E-state index >= 15 is 0 Å². The lowest BCUT2D eigenvalue weighted by Gasteiger charge is -2.33. The third kappa shape index (κ3) is 3.90. The fraction of sp³-hybridized carbons (Fsp3) is 0.450. The number of hydrogen-bond acceptors (Lipinski definition) is 5. The van der Waals surface area contributed by atoms with Gasteiger partial charge in [-0.2, -0.15) is 4.31 Å². The number of hydrogen-bond donors (Lipinski definition) is 3. The molecule has 5 N–H and O–H groups in total. The minimum absolute atomic E-state index is 0.135. The van der Waals surface area contributed by atoms with Gasteiger partial charge in [0.1, 0.15) is 0 Å². The highest BCUT2D eigenvalue weighted by Gasteiger charge is 2.24. The Morgan fingerprint density at radius 3 is 2.69 bits per heavy atom. The number of piperidine rings is 1. The molecule has 2 aliphatic rings. The van der Waals surface area contributed by atoms with Crippen molar-refractivity contribution in [2.24, 2.45) is 11.5 Å². The Balaban J connectivity index is 1.75. The lowest BCUT2D eigenvalue weighted by molar-refractivity contribution is 0.100. The third-order valence-corrected chi connectivity index (χ3v) is 7.09. The van der Waals surface area contributed by atoms with Crippen molar-refractivity contribution in [2.75, 3.05) is 37.3 Å². The number of sulfonamides is 1. The molecule has 156 valence electrons. The highest BCUT2D eigenvalue weighted by Crippen LogP contribution is 2.34. The van der Waals surface area contributed by atoms with E-state index in [-0.39, 0.29) is 6.04 Å². The first-order valence-electron chi connectivity index (χ1n) is 9.84. The highest BCUT2D eigenvalue weighted by atomic mass is 32.2. The number of carbonyl (C=O) groups excluding carboxylic acids is 1. The van der Waals surface area contributed by atoms with E-state index in [4.69, 9.17) is 11.5 Å². The van der Waals surface area contributed by atoms with E-state index in [0.29, 0.717) is 25.1 Å². The first-order chi connectivity index (χ1) is 13.7. The van der Waals surface area contributed by atoms with Crippen LogP contribution in [0.4, 0.5) is 5.69 Å². The maximum Gasteiger partial charge on any atom is 0.250 e.